The minimum Gasteiger partial charge on any atom is -0.469 e. The summed E-state index contributed by atoms with van der Waals surface area (Å²) in [5.41, 5.74) is 0.880. The van der Waals surface area contributed by atoms with E-state index in [0.29, 0.717) is 5.02 Å². The molecule has 0 N–H and O–H groups in total. The van der Waals surface area contributed by atoms with Gasteiger partial charge in [-0.15, -0.1) is 0 Å². The van der Waals surface area contributed by atoms with Crippen molar-refractivity contribution in [1.29, 1.82) is 0 Å². The van der Waals surface area contributed by atoms with Gasteiger partial charge in [-0.05, 0) is 50.2 Å². The summed E-state index contributed by atoms with van der Waals surface area (Å²) in [4.78, 5) is 11.0. The van der Waals surface area contributed by atoms with Gasteiger partial charge in [0.05, 0.1) is 18.6 Å². The van der Waals surface area contributed by atoms with Crippen molar-refractivity contribution in [2.24, 2.45) is 0 Å². The number of carbonyl (C=O) groups is 1. The summed E-state index contributed by atoms with van der Waals surface area (Å²) in [7, 11) is 1.37. The van der Waals surface area contributed by atoms with Crippen LogP contribution in [0.2, 0.25) is 5.02 Å². The first-order valence-corrected chi connectivity index (χ1v) is 6.00. The maximum absolute atomic E-state index is 11.0. The molecule has 0 aliphatic rings. The third kappa shape index (κ3) is 2.84. The topological polar surface area (TPSA) is 26.3 Å². The van der Waals surface area contributed by atoms with Gasteiger partial charge in [0.2, 0.25) is 0 Å². The van der Waals surface area contributed by atoms with Crippen molar-refractivity contribution in [3.63, 3.8) is 0 Å². The zero-order chi connectivity index (χ0) is 10.7. The molecule has 0 amide bonds. The third-order valence-electron chi connectivity index (χ3n) is 1.68. The van der Waals surface area contributed by atoms with Crippen LogP contribution in [0.15, 0.2) is 16.6 Å². The van der Waals surface area contributed by atoms with Crippen molar-refractivity contribution in [2.45, 2.75) is 6.42 Å². The molecule has 0 unspecified atom stereocenters. The number of hydrogen-bond acceptors (Lipinski definition) is 2. The normalized spacial score (nSPS) is 10.0. The number of ether oxygens (including phenoxy) is 1. The minimum atomic E-state index is -0.263. The van der Waals surface area contributed by atoms with Crippen LogP contribution in [-0.2, 0) is 16.0 Å². The molecular formula is C9H7BrClIO2. The van der Waals surface area contributed by atoms with Crippen LogP contribution in [0, 0.1) is 3.57 Å². The molecule has 0 heterocycles. The lowest BCUT2D eigenvalue weighted by Gasteiger charge is -2.06. The summed E-state index contributed by atoms with van der Waals surface area (Å²) in [6, 6.07) is 3.68. The molecule has 0 spiro atoms. The number of carbonyl (C=O) groups excluding carboxylic acids is 1. The van der Waals surface area contributed by atoms with Gasteiger partial charge in [-0.25, -0.2) is 0 Å². The van der Waals surface area contributed by atoms with Crippen molar-refractivity contribution in [1.82, 2.24) is 0 Å². The fourth-order valence-electron chi connectivity index (χ4n) is 0.930. The quantitative estimate of drug-likeness (QED) is 0.440. The SMILES string of the molecule is COC(=O)Cc1ccc(Br)c(Cl)c1I. The Hall–Kier alpha value is 0.190. The Balaban J connectivity index is 3.00. The van der Waals surface area contributed by atoms with E-state index in [2.05, 4.69) is 43.3 Å². The van der Waals surface area contributed by atoms with Crippen molar-refractivity contribution in [2.75, 3.05) is 7.11 Å². The Morgan fingerprint density at radius 2 is 2.29 bits per heavy atom. The number of halogens is 3. The summed E-state index contributed by atoms with van der Waals surface area (Å²) in [5, 5.41) is 0.631. The summed E-state index contributed by atoms with van der Waals surface area (Å²) in [6.07, 6.45) is 0.252. The largest absolute Gasteiger partial charge is 0.469 e. The van der Waals surface area contributed by atoms with Gasteiger partial charge in [-0.3, -0.25) is 4.79 Å². The van der Waals surface area contributed by atoms with Crippen molar-refractivity contribution in [3.8, 4) is 0 Å². The van der Waals surface area contributed by atoms with E-state index in [1.165, 1.54) is 7.11 Å². The molecule has 0 atom stereocenters. The smallest absolute Gasteiger partial charge is 0.310 e. The first-order chi connectivity index (χ1) is 6.56. The highest BCUT2D eigenvalue weighted by atomic mass is 127. The molecule has 5 heteroatoms. The molecule has 0 bridgehead atoms. The van der Waals surface area contributed by atoms with Crippen LogP contribution in [0.4, 0.5) is 0 Å². The van der Waals surface area contributed by atoms with Crippen LogP contribution < -0.4 is 0 Å². The van der Waals surface area contributed by atoms with Crippen molar-refractivity contribution >= 4 is 56.1 Å². The van der Waals surface area contributed by atoms with Gasteiger partial charge in [0.15, 0.2) is 0 Å². The Kier molecular flexibility index (Phi) is 4.66. The predicted molar refractivity (Wildman–Crippen MR) is 67.6 cm³/mol. The second-order valence-corrected chi connectivity index (χ2v) is 4.90. The van der Waals surface area contributed by atoms with E-state index in [-0.39, 0.29) is 12.4 Å². The third-order valence-corrected chi connectivity index (χ3v) is 4.51. The van der Waals surface area contributed by atoms with E-state index in [1.54, 1.807) is 0 Å². The fourth-order valence-corrected chi connectivity index (χ4v) is 2.48. The first kappa shape index (κ1) is 12.3. The highest BCUT2D eigenvalue weighted by molar-refractivity contribution is 14.1. The summed E-state index contributed by atoms with van der Waals surface area (Å²) in [6.45, 7) is 0. The molecular weight excluding hydrogens is 382 g/mol. The van der Waals surface area contributed by atoms with Crippen molar-refractivity contribution < 1.29 is 9.53 Å². The molecule has 0 radical (unpaired) electrons. The molecule has 14 heavy (non-hydrogen) atoms. The van der Waals surface area contributed by atoms with Gasteiger partial charge in [-0.1, -0.05) is 17.7 Å². The van der Waals surface area contributed by atoms with Crippen molar-refractivity contribution in [3.05, 3.63) is 30.8 Å². The molecule has 0 aromatic heterocycles. The summed E-state index contributed by atoms with van der Waals surface area (Å²) < 4.78 is 6.29. The van der Waals surface area contributed by atoms with E-state index >= 15 is 0 Å². The van der Waals surface area contributed by atoms with E-state index in [1.807, 2.05) is 12.1 Å². The highest BCUT2D eigenvalue weighted by Crippen LogP contribution is 2.30. The van der Waals surface area contributed by atoms with Crippen LogP contribution >= 0.6 is 50.1 Å². The van der Waals surface area contributed by atoms with Crippen LogP contribution in [0.5, 0.6) is 0 Å². The number of rotatable bonds is 2. The molecule has 2 nitrogen and oxygen atoms in total. The first-order valence-electron chi connectivity index (χ1n) is 3.75. The monoisotopic (exact) mass is 388 g/mol. The molecule has 0 aliphatic carbocycles. The van der Waals surface area contributed by atoms with E-state index in [0.717, 1.165) is 13.6 Å². The maximum atomic E-state index is 11.0. The van der Waals surface area contributed by atoms with E-state index < -0.39 is 0 Å². The Bertz CT molecular complexity index is 368. The second kappa shape index (κ2) is 5.32. The van der Waals surface area contributed by atoms with Gasteiger partial charge in [0.1, 0.15) is 0 Å². The zero-order valence-corrected chi connectivity index (χ0v) is 11.8. The molecule has 0 aliphatic heterocycles. The molecule has 0 fully saturated rings. The van der Waals surface area contributed by atoms with Gasteiger partial charge in [0.25, 0.3) is 0 Å². The Morgan fingerprint density at radius 3 is 2.86 bits per heavy atom. The number of hydrogen-bond donors (Lipinski definition) is 0. The zero-order valence-electron chi connectivity index (χ0n) is 7.31. The van der Waals surface area contributed by atoms with Crippen LogP contribution in [0.3, 0.4) is 0 Å². The molecule has 0 saturated carbocycles. The van der Waals surface area contributed by atoms with Gasteiger partial charge in [-0.2, -0.15) is 0 Å². The Morgan fingerprint density at radius 1 is 1.64 bits per heavy atom. The number of esters is 1. The molecule has 76 valence electrons. The highest BCUT2D eigenvalue weighted by Gasteiger charge is 2.11. The lowest BCUT2D eigenvalue weighted by Crippen LogP contribution is -2.06. The Labute approximate surface area is 109 Å². The van der Waals surface area contributed by atoms with Gasteiger partial charge < -0.3 is 4.74 Å². The van der Waals surface area contributed by atoms with Crippen LogP contribution in [0.1, 0.15) is 5.56 Å². The second-order valence-electron chi connectivity index (χ2n) is 2.59. The summed E-state index contributed by atoms with van der Waals surface area (Å²) >= 11 is 11.4. The standard InChI is InChI=1S/C9H7BrClIO2/c1-14-7(13)4-5-2-3-6(10)8(11)9(5)12/h2-3H,4H2,1H3. The average molecular weight is 389 g/mol. The fraction of sp³-hybridized carbons (Fsp3) is 0.222. The summed E-state index contributed by atoms with van der Waals surface area (Å²) in [5.74, 6) is -0.263. The molecule has 0 saturated heterocycles. The van der Waals surface area contributed by atoms with E-state index in [4.69, 9.17) is 11.6 Å². The number of methoxy groups -OCH3 is 1. The maximum Gasteiger partial charge on any atom is 0.310 e. The molecule has 1 aromatic carbocycles. The van der Waals surface area contributed by atoms with E-state index in [9.17, 15) is 4.79 Å². The molecule has 1 rings (SSSR count). The van der Waals surface area contributed by atoms with Crippen LogP contribution in [0.25, 0.3) is 0 Å². The number of benzene rings is 1. The molecule has 1 aromatic rings. The van der Waals surface area contributed by atoms with Crippen LogP contribution in [-0.4, -0.2) is 13.1 Å². The average Bonchev–Trinajstić information content (AvgIpc) is 2.19. The minimum absolute atomic E-state index is 0.252. The van der Waals surface area contributed by atoms with Gasteiger partial charge in [0, 0.05) is 8.04 Å². The van der Waals surface area contributed by atoms with Gasteiger partial charge >= 0.3 is 5.97 Å². The predicted octanol–water partition coefficient (Wildman–Crippen LogP) is 3.42. The lowest BCUT2D eigenvalue weighted by molar-refractivity contribution is -0.139. The lowest BCUT2D eigenvalue weighted by atomic mass is 10.1.